The van der Waals surface area contributed by atoms with Gasteiger partial charge in [-0.25, -0.2) is 5.26 Å². The predicted octanol–water partition coefficient (Wildman–Crippen LogP) is -1.73. The smallest absolute Gasteiger partial charge is 0.261 e. The first-order valence-electron chi connectivity index (χ1n) is 31.8. The van der Waals surface area contributed by atoms with Crippen LogP contribution in [0.5, 0.6) is 17.2 Å². The number of aromatic hydroxyl groups is 1. The van der Waals surface area contributed by atoms with Crippen LogP contribution >= 0.6 is 23.7 Å². The van der Waals surface area contributed by atoms with Gasteiger partial charge in [-0.3, -0.25) is 33.6 Å². The second-order valence-corrected chi connectivity index (χ2v) is 26.0. The van der Waals surface area contributed by atoms with Gasteiger partial charge in [-0.05, 0) is 86.1 Å². The van der Waals surface area contributed by atoms with Gasteiger partial charge in [0.25, 0.3) is 18.2 Å². The van der Waals surface area contributed by atoms with Crippen molar-refractivity contribution >= 4 is 70.7 Å². The fourth-order valence-corrected chi connectivity index (χ4v) is 13.2. The maximum atomic E-state index is 15.0. The van der Waals surface area contributed by atoms with Crippen molar-refractivity contribution in [3.05, 3.63) is 108 Å². The number of fused-ring (bicyclic) bond motifs is 2. The molecule has 98 heavy (non-hydrogen) atoms. The van der Waals surface area contributed by atoms with E-state index in [4.69, 9.17) is 14.2 Å². The third-order valence-electron chi connectivity index (χ3n) is 17.5. The summed E-state index contributed by atoms with van der Waals surface area (Å²) in [7, 11) is 0. The number of anilines is 1. The summed E-state index contributed by atoms with van der Waals surface area (Å²) in [5.41, 5.74) is 2.67. The molecule has 0 radical (unpaired) electrons. The summed E-state index contributed by atoms with van der Waals surface area (Å²) < 4.78 is 15.7. The number of para-hydroxylation sites is 1. The minimum Gasteiger partial charge on any atom is -0.504 e. The van der Waals surface area contributed by atoms with Crippen molar-refractivity contribution < 1.29 is 103 Å². The molecule has 7 amide bonds. The average Bonchev–Trinajstić information content (AvgIpc) is 1.59. The fourth-order valence-electron chi connectivity index (χ4n) is 12.1. The zero-order valence-electron chi connectivity index (χ0n) is 53.3. The molecule has 1 aromatic heterocycles. The van der Waals surface area contributed by atoms with Gasteiger partial charge in [-0.1, -0.05) is 64.0 Å². The molecule has 530 valence electrons. The first-order valence-corrected chi connectivity index (χ1v) is 33.3. The highest BCUT2D eigenvalue weighted by Gasteiger charge is 2.50. The van der Waals surface area contributed by atoms with Crippen LogP contribution in [0.2, 0.25) is 0 Å². The number of aliphatic hydroxyl groups is 8. The maximum Gasteiger partial charge on any atom is 0.261 e. The number of nitrogens with zero attached hydrogens (tertiary/aromatic N) is 5. The molecule has 4 aromatic carbocycles. The van der Waals surface area contributed by atoms with Crippen LogP contribution in [-0.2, 0) is 44.6 Å². The van der Waals surface area contributed by atoms with Crippen molar-refractivity contribution in [1.82, 2.24) is 51.9 Å². The van der Waals surface area contributed by atoms with E-state index in [9.17, 15) is 79.5 Å². The van der Waals surface area contributed by atoms with Crippen LogP contribution in [0.4, 0.5) is 5.69 Å². The van der Waals surface area contributed by atoms with E-state index in [-0.39, 0.29) is 48.4 Å². The number of hydrogen-bond donors (Lipinski definition) is 16. The minimum absolute atomic E-state index is 0.00587. The number of aliphatic hydroxyl groups excluding tert-OH is 8. The molecule has 4 fully saturated rings. The number of nitrogens with one attached hydrogen (secondary N) is 6. The SMILES string of the molecule is C[C@@H](O)[C@@H]1NC(=O)[C@@H](NC(=O)c2ccc(-c3nnc(-c4ccc(OC5CCN(c6ccccc6)CC5)cc4)s3)cc2)C[C@@H](O)CNC(=O)[C@@H]2[C@@H](O)[C@@H](C)CN2C(=O)[C@H]([C@H](O)CCNC(CO)CO)NC(=O)[C@H]([C@H](O)Cc2ccc(O)c(OSOOO)c2)NC(=O)[C@@H]2C[C@@H](O)CN2C1=O. The summed E-state index contributed by atoms with van der Waals surface area (Å²) in [6.07, 6.45) is -10.9. The van der Waals surface area contributed by atoms with Crippen molar-refractivity contribution in [2.24, 2.45) is 5.92 Å². The number of amides is 7. The van der Waals surface area contributed by atoms with Gasteiger partial charge < -0.3 is 101 Å². The van der Waals surface area contributed by atoms with Gasteiger partial charge in [0.15, 0.2) is 11.5 Å². The van der Waals surface area contributed by atoms with Crippen LogP contribution in [0.25, 0.3) is 21.1 Å². The van der Waals surface area contributed by atoms with Crippen LogP contribution < -0.4 is 45.7 Å². The van der Waals surface area contributed by atoms with Crippen LogP contribution in [0.1, 0.15) is 61.9 Å². The van der Waals surface area contributed by atoms with E-state index in [1.807, 2.05) is 42.5 Å². The average molecular weight is 1400 g/mol. The number of ether oxygens (including phenoxy) is 1. The predicted molar refractivity (Wildman–Crippen MR) is 350 cm³/mol. The van der Waals surface area contributed by atoms with E-state index in [0.29, 0.717) is 15.6 Å². The van der Waals surface area contributed by atoms with Crippen molar-refractivity contribution in [2.45, 2.75) is 137 Å². The molecule has 0 spiro atoms. The van der Waals surface area contributed by atoms with Crippen LogP contribution in [0, 0.1) is 5.92 Å². The summed E-state index contributed by atoms with van der Waals surface area (Å²) in [5, 5.41) is 136. The number of phenols is 1. The van der Waals surface area contributed by atoms with E-state index < -0.39 is 184 Å². The molecule has 4 aliphatic heterocycles. The van der Waals surface area contributed by atoms with Gasteiger partial charge in [0.1, 0.15) is 58.1 Å². The van der Waals surface area contributed by atoms with Crippen molar-refractivity contribution in [2.75, 3.05) is 57.4 Å². The van der Waals surface area contributed by atoms with E-state index >= 15 is 0 Å². The number of β-amino-alcohol motifs (C(OH)–C–C–N with tert-alkyl or cyclic N) is 1. The number of rotatable bonds is 22. The zero-order valence-corrected chi connectivity index (χ0v) is 54.9. The van der Waals surface area contributed by atoms with Crippen LogP contribution in [0.15, 0.2) is 97.1 Å². The quantitative estimate of drug-likeness (QED) is 0.0158. The molecule has 0 saturated carbocycles. The van der Waals surface area contributed by atoms with E-state index in [0.717, 1.165) is 66.1 Å². The highest BCUT2D eigenvalue weighted by molar-refractivity contribution is 7.90. The van der Waals surface area contributed by atoms with E-state index in [1.165, 1.54) is 42.1 Å². The normalized spacial score (nSPS) is 25.1. The van der Waals surface area contributed by atoms with Crippen molar-refractivity contribution in [3.63, 3.8) is 0 Å². The summed E-state index contributed by atoms with van der Waals surface area (Å²) in [6.45, 7) is 1.41. The standard InChI is InChI=1S/C64H81N11O21S2/c1-33-29-75-54(55(33)84)60(89)66-28-41(79)26-45(67-56(85)36-9-11-37(12-10-36)61-71-72-62(97-61)38-13-15-43(16-14-38)93-44-19-22-73(23-20-44)40-6-4-3-5-7-40)57(86)68-51(34(2)78)63(90)74-30-42(80)27-46(74)58(87)69-52(49(83)24-35-8-17-47(81)50(25-35)94-98-96-95-92)59(88)70-53(64(75)91)48(82)18-21-65-39(31-76)32-77/h3-17,25,33-34,39,41-42,44-46,48-49,51-55,65,76-84,92H,18-24,26-32H2,1-2H3,(H,66,89)(H,67,85)(H,68,86)(H,69,87)(H,70,88)/t33-,34+,41+,42+,45-,46-,48+,49+,51-,52-,53-,54-,55-/m0/s1. The third kappa shape index (κ3) is 18.8. The number of benzene rings is 4. The lowest BCUT2D eigenvalue weighted by atomic mass is 9.98. The Hall–Kier alpha value is -8.20. The van der Waals surface area contributed by atoms with Gasteiger partial charge in [0.05, 0.1) is 55.9 Å². The summed E-state index contributed by atoms with van der Waals surface area (Å²) in [4.78, 5) is 106. The van der Waals surface area contributed by atoms with E-state index in [2.05, 4.69) is 68.5 Å². The second kappa shape index (κ2) is 34.5. The Morgan fingerprint density at radius 2 is 1.39 bits per heavy atom. The topological polar surface area (TPSA) is 466 Å². The Morgan fingerprint density at radius 1 is 0.745 bits per heavy atom. The van der Waals surface area contributed by atoms with Crippen molar-refractivity contribution in [3.8, 4) is 38.4 Å². The fraction of sp³-hybridized carbons (Fsp3) is 0.484. The van der Waals surface area contributed by atoms with Gasteiger partial charge in [0, 0.05) is 93.1 Å². The molecule has 5 aromatic rings. The van der Waals surface area contributed by atoms with Gasteiger partial charge in [-0.2, -0.15) is 0 Å². The molecular formula is C64H81N11O21S2. The molecule has 4 aliphatic rings. The highest BCUT2D eigenvalue weighted by atomic mass is 32.2. The molecule has 32 nitrogen and oxygen atoms in total. The molecule has 9 rings (SSSR count). The third-order valence-corrected chi connectivity index (χ3v) is 18.9. The van der Waals surface area contributed by atoms with Gasteiger partial charge >= 0.3 is 0 Å². The number of carbonyl (C=O) groups excluding carboxylic acids is 7. The molecule has 34 heteroatoms. The number of phenolic OH excluding ortho intramolecular Hbond substituents is 1. The Labute approximate surface area is 570 Å². The summed E-state index contributed by atoms with van der Waals surface area (Å²) in [6, 6.07) is 15.1. The molecule has 0 unspecified atom stereocenters. The minimum atomic E-state index is -2.16. The largest absolute Gasteiger partial charge is 0.504 e. The molecule has 0 aliphatic carbocycles. The Balaban J connectivity index is 0.963. The molecule has 0 bridgehead atoms. The molecule has 13 atom stereocenters. The Bertz CT molecular complexity index is 3520. The first kappa shape index (κ1) is 74.0. The molecule has 16 N–H and O–H groups in total. The lowest BCUT2D eigenvalue weighted by Crippen LogP contribution is -2.64. The Morgan fingerprint density at radius 3 is 2.04 bits per heavy atom. The number of piperidine rings is 1. The van der Waals surface area contributed by atoms with Crippen LogP contribution in [-0.4, -0.2) is 250 Å². The van der Waals surface area contributed by atoms with E-state index in [1.54, 1.807) is 12.1 Å². The monoisotopic (exact) mass is 1400 g/mol. The zero-order chi connectivity index (χ0) is 70.3. The lowest BCUT2D eigenvalue weighted by Gasteiger charge is -2.34. The Kier molecular flexibility index (Phi) is 26.1. The molecule has 4 saturated heterocycles. The summed E-state index contributed by atoms with van der Waals surface area (Å²) >= 11 is 1.36. The van der Waals surface area contributed by atoms with Crippen LogP contribution in [0.3, 0.4) is 0 Å². The second-order valence-electron chi connectivity index (χ2n) is 24.6. The van der Waals surface area contributed by atoms with Gasteiger partial charge in [0.2, 0.25) is 35.4 Å². The lowest BCUT2D eigenvalue weighted by molar-refractivity contribution is -0.433. The maximum absolute atomic E-state index is 15.0. The highest BCUT2D eigenvalue weighted by Crippen LogP contribution is 2.34. The van der Waals surface area contributed by atoms with Gasteiger partial charge in [-0.15, -0.1) is 10.2 Å². The molecular weight excluding hydrogens is 1320 g/mol. The number of aromatic nitrogens is 2. The first-order chi connectivity index (χ1) is 47.0. The number of hydrogen-bond acceptors (Lipinski definition) is 27. The van der Waals surface area contributed by atoms with Crippen molar-refractivity contribution in [1.29, 1.82) is 0 Å². The molecule has 5 heterocycles. The number of carbonyl (C=O) groups is 7. The summed E-state index contributed by atoms with van der Waals surface area (Å²) in [5.74, 6) is -8.92.